The van der Waals surface area contributed by atoms with Gasteiger partial charge in [-0.05, 0) is 18.9 Å². The minimum atomic E-state index is 0.0261. The number of carbonyl (C=O) groups excluding carboxylic acids is 1. The van der Waals surface area contributed by atoms with Crippen LogP contribution < -0.4 is 5.32 Å². The maximum absolute atomic E-state index is 11.8. The fourth-order valence-electron chi connectivity index (χ4n) is 2.54. The lowest BCUT2D eigenvalue weighted by Crippen LogP contribution is -2.25. The molecule has 0 saturated heterocycles. The zero-order valence-electron chi connectivity index (χ0n) is 14.2. The second-order valence-electron chi connectivity index (χ2n) is 5.86. The molecular weight excluding hydrogens is 318 g/mol. The Morgan fingerprint density at radius 3 is 2.96 bits per heavy atom. The molecule has 0 aliphatic carbocycles. The number of aryl methyl sites for hydroxylation is 2. The lowest BCUT2D eigenvalue weighted by molar-refractivity contribution is -0.121. The predicted molar refractivity (Wildman–Crippen MR) is 92.7 cm³/mol. The SMILES string of the molecule is Cc1ccccc1-c1noc(CCCC(=O)NCCc2cnc[nH]2)n1. The van der Waals surface area contributed by atoms with Gasteiger partial charge >= 0.3 is 0 Å². The van der Waals surface area contributed by atoms with Crippen LogP contribution in [0, 0.1) is 6.92 Å². The van der Waals surface area contributed by atoms with Gasteiger partial charge in [0.15, 0.2) is 0 Å². The first-order valence-corrected chi connectivity index (χ1v) is 8.35. The number of hydrogen-bond donors (Lipinski definition) is 2. The third-order valence-electron chi connectivity index (χ3n) is 3.92. The second-order valence-corrected chi connectivity index (χ2v) is 5.86. The van der Waals surface area contributed by atoms with E-state index in [1.807, 2.05) is 31.2 Å². The van der Waals surface area contributed by atoms with Crippen molar-refractivity contribution in [3.8, 4) is 11.4 Å². The van der Waals surface area contributed by atoms with Crippen LogP contribution in [0.15, 0.2) is 41.3 Å². The normalized spacial score (nSPS) is 10.8. The lowest BCUT2D eigenvalue weighted by Gasteiger charge is -2.03. The van der Waals surface area contributed by atoms with Gasteiger partial charge in [0.1, 0.15) is 0 Å². The van der Waals surface area contributed by atoms with Crippen LogP contribution in [0.5, 0.6) is 0 Å². The molecule has 2 heterocycles. The van der Waals surface area contributed by atoms with Gasteiger partial charge in [0.25, 0.3) is 0 Å². The summed E-state index contributed by atoms with van der Waals surface area (Å²) in [6.07, 6.45) is 5.83. The Morgan fingerprint density at radius 2 is 2.16 bits per heavy atom. The predicted octanol–water partition coefficient (Wildman–Crippen LogP) is 2.45. The number of rotatable bonds is 8. The summed E-state index contributed by atoms with van der Waals surface area (Å²) >= 11 is 0. The van der Waals surface area contributed by atoms with Gasteiger partial charge < -0.3 is 14.8 Å². The van der Waals surface area contributed by atoms with Crippen molar-refractivity contribution < 1.29 is 9.32 Å². The third kappa shape index (κ3) is 4.76. The average Bonchev–Trinajstić information content (AvgIpc) is 3.27. The molecule has 7 heteroatoms. The highest BCUT2D eigenvalue weighted by atomic mass is 16.5. The Morgan fingerprint density at radius 1 is 1.28 bits per heavy atom. The molecule has 0 aliphatic rings. The molecule has 3 aromatic rings. The van der Waals surface area contributed by atoms with Crippen LogP contribution in [0.25, 0.3) is 11.4 Å². The van der Waals surface area contributed by atoms with E-state index in [0.717, 1.165) is 23.2 Å². The summed E-state index contributed by atoms with van der Waals surface area (Å²) in [5.74, 6) is 1.18. The van der Waals surface area contributed by atoms with E-state index in [4.69, 9.17) is 4.52 Å². The molecule has 0 saturated carbocycles. The van der Waals surface area contributed by atoms with E-state index in [1.165, 1.54) is 0 Å². The van der Waals surface area contributed by atoms with Gasteiger partial charge in [0.05, 0.1) is 6.33 Å². The summed E-state index contributed by atoms with van der Waals surface area (Å²) in [4.78, 5) is 23.2. The molecule has 0 atom stereocenters. The van der Waals surface area contributed by atoms with Crippen molar-refractivity contribution in [3.63, 3.8) is 0 Å². The molecule has 2 aromatic heterocycles. The average molecular weight is 339 g/mol. The summed E-state index contributed by atoms with van der Waals surface area (Å²) in [6, 6.07) is 7.91. The summed E-state index contributed by atoms with van der Waals surface area (Å²) in [5, 5.41) is 6.92. The molecule has 0 fully saturated rings. The Balaban J connectivity index is 1.40. The molecule has 0 unspecified atom stereocenters. The number of aromatic amines is 1. The standard InChI is InChI=1S/C18H21N5O2/c1-13-5-2-3-6-15(13)18-22-17(25-23-18)8-4-7-16(24)20-10-9-14-11-19-12-21-14/h2-3,5-6,11-12H,4,7-10H2,1H3,(H,19,21)(H,20,24). The van der Waals surface area contributed by atoms with Crippen molar-refractivity contribution in [2.45, 2.75) is 32.6 Å². The Bertz CT molecular complexity index is 811. The third-order valence-corrected chi connectivity index (χ3v) is 3.92. The van der Waals surface area contributed by atoms with Gasteiger partial charge in [-0.2, -0.15) is 4.98 Å². The van der Waals surface area contributed by atoms with E-state index >= 15 is 0 Å². The van der Waals surface area contributed by atoms with E-state index in [9.17, 15) is 4.79 Å². The topological polar surface area (TPSA) is 96.7 Å². The van der Waals surface area contributed by atoms with Crippen molar-refractivity contribution in [3.05, 3.63) is 53.9 Å². The molecule has 0 spiro atoms. The highest BCUT2D eigenvalue weighted by molar-refractivity contribution is 5.75. The largest absolute Gasteiger partial charge is 0.356 e. The molecule has 0 bridgehead atoms. The zero-order valence-corrected chi connectivity index (χ0v) is 14.2. The van der Waals surface area contributed by atoms with Gasteiger partial charge in [0.2, 0.25) is 17.6 Å². The summed E-state index contributed by atoms with van der Waals surface area (Å²) in [7, 11) is 0. The van der Waals surface area contributed by atoms with E-state index in [-0.39, 0.29) is 5.91 Å². The van der Waals surface area contributed by atoms with Crippen LogP contribution in [0.3, 0.4) is 0 Å². The number of imidazole rings is 1. The fourth-order valence-corrected chi connectivity index (χ4v) is 2.54. The number of aromatic nitrogens is 4. The van der Waals surface area contributed by atoms with Gasteiger partial charge in [0, 0.05) is 43.3 Å². The van der Waals surface area contributed by atoms with Gasteiger partial charge in [-0.15, -0.1) is 0 Å². The monoisotopic (exact) mass is 339 g/mol. The summed E-state index contributed by atoms with van der Waals surface area (Å²) in [5.41, 5.74) is 3.08. The molecule has 3 rings (SSSR count). The van der Waals surface area contributed by atoms with Gasteiger partial charge in [-0.25, -0.2) is 4.98 Å². The Kier molecular flexibility index (Phi) is 5.56. The molecule has 0 aliphatic heterocycles. The maximum atomic E-state index is 11.8. The Labute approximate surface area is 145 Å². The van der Waals surface area contributed by atoms with Gasteiger partial charge in [-0.3, -0.25) is 4.79 Å². The quantitative estimate of drug-likeness (QED) is 0.657. The zero-order chi connectivity index (χ0) is 17.5. The van der Waals surface area contributed by atoms with Gasteiger partial charge in [-0.1, -0.05) is 29.4 Å². The molecule has 1 amide bonds. The maximum Gasteiger partial charge on any atom is 0.226 e. The molecule has 130 valence electrons. The number of hydrogen-bond acceptors (Lipinski definition) is 5. The highest BCUT2D eigenvalue weighted by Gasteiger charge is 2.11. The van der Waals surface area contributed by atoms with Crippen LogP contribution in [0.2, 0.25) is 0 Å². The van der Waals surface area contributed by atoms with Crippen molar-refractivity contribution in [2.24, 2.45) is 0 Å². The summed E-state index contributed by atoms with van der Waals surface area (Å²) < 4.78 is 5.28. The first-order chi connectivity index (χ1) is 12.2. The number of carbonyl (C=O) groups is 1. The molecule has 7 nitrogen and oxygen atoms in total. The fraction of sp³-hybridized carbons (Fsp3) is 0.333. The van der Waals surface area contributed by atoms with Crippen molar-refractivity contribution in [2.75, 3.05) is 6.54 Å². The van der Waals surface area contributed by atoms with Crippen LogP contribution >= 0.6 is 0 Å². The number of nitrogens with one attached hydrogen (secondary N) is 2. The van der Waals surface area contributed by atoms with E-state index in [1.54, 1.807) is 12.5 Å². The minimum Gasteiger partial charge on any atom is -0.356 e. The van der Waals surface area contributed by atoms with Crippen molar-refractivity contribution in [1.82, 2.24) is 25.4 Å². The molecule has 0 radical (unpaired) electrons. The minimum absolute atomic E-state index is 0.0261. The molecular formula is C18H21N5O2. The van der Waals surface area contributed by atoms with E-state index in [0.29, 0.717) is 37.5 Å². The Hall–Kier alpha value is -2.96. The first kappa shape index (κ1) is 16.9. The molecule has 1 aromatic carbocycles. The van der Waals surface area contributed by atoms with Crippen molar-refractivity contribution >= 4 is 5.91 Å². The van der Waals surface area contributed by atoms with Crippen molar-refractivity contribution in [1.29, 1.82) is 0 Å². The molecule has 25 heavy (non-hydrogen) atoms. The number of nitrogens with zero attached hydrogens (tertiary/aromatic N) is 3. The highest BCUT2D eigenvalue weighted by Crippen LogP contribution is 2.20. The number of benzene rings is 1. The van der Waals surface area contributed by atoms with Crippen LogP contribution in [0.4, 0.5) is 0 Å². The second kappa shape index (κ2) is 8.23. The van der Waals surface area contributed by atoms with Crippen LogP contribution in [0.1, 0.15) is 30.0 Å². The lowest BCUT2D eigenvalue weighted by atomic mass is 10.1. The van der Waals surface area contributed by atoms with E-state index in [2.05, 4.69) is 25.4 Å². The van der Waals surface area contributed by atoms with E-state index < -0.39 is 0 Å². The number of H-pyrrole nitrogens is 1. The van der Waals surface area contributed by atoms with Crippen LogP contribution in [-0.2, 0) is 17.6 Å². The summed E-state index contributed by atoms with van der Waals surface area (Å²) in [6.45, 7) is 2.61. The first-order valence-electron chi connectivity index (χ1n) is 8.35. The smallest absolute Gasteiger partial charge is 0.226 e. The van der Waals surface area contributed by atoms with Crippen LogP contribution in [-0.4, -0.2) is 32.6 Å². The number of amides is 1. The molecule has 2 N–H and O–H groups in total.